The fourth-order valence-corrected chi connectivity index (χ4v) is 2.64. The Balaban J connectivity index is 3.29. The van der Waals surface area contributed by atoms with E-state index in [4.69, 9.17) is 34.8 Å². The van der Waals surface area contributed by atoms with Crippen LogP contribution in [0, 0.1) is 0 Å². The van der Waals surface area contributed by atoms with E-state index in [9.17, 15) is 53.1 Å². The lowest BCUT2D eigenvalue weighted by molar-refractivity contribution is -0.388. The number of hydrogen-bond acceptors (Lipinski definition) is 1. The zero-order chi connectivity index (χ0) is 23.2. The highest BCUT2D eigenvalue weighted by molar-refractivity contribution is 6.42. The van der Waals surface area contributed by atoms with Gasteiger partial charge in [-0.1, -0.05) is 34.8 Å². The van der Waals surface area contributed by atoms with Gasteiger partial charge in [0.25, 0.3) is 5.91 Å². The highest BCUT2D eigenvalue weighted by Crippen LogP contribution is 2.55. The van der Waals surface area contributed by atoms with Crippen LogP contribution in [0.5, 0.6) is 0 Å². The van der Waals surface area contributed by atoms with Gasteiger partial charge in [-0.15, -0.1) is 0 Å². The molecule has 1 aromatic rings. The Morgan fingerprint density at radius 3 is 1.55 bits per heavy atom. The summed E-state index contributed by atoms with van der Waals surface area (Å²) in [7, 11) is 0. The second kappa shape index (κ2) is 8.14. The number of benzene rings is 1. The Labute approximate surface area is 168 Å². The molecule has 1 rings (SSSR count). The van der Waals surface area contributed by atoms with Crippen molar-refractivity contribution >= 4 is 46.4 Å². The van der Waals surface area contributed by atoms with E-state index >= 15 is 0 Å². The molecule has 0 spiro atoms. The average Bonchev–Trinajstić information content (AvgIpc) is 2.56. The lowest BCUT2D eigenvalue weighted by Crippen LogP contribution is -2.67. The van der Waals surface area contributed by atoms with Crippen molar-refractivity contribution in [2.24, 2.45) is 0 Å². The van der Waals surface area contributed by atoms with Gasteiger partial charge in [0.2, 0.25) is 6.17 Å². The predicted molar refractivity (Wildman–Crippen MR) is 80.8 cm³/mol. The maximum atomic E-state index is 13.7. The minimum atomic E-state index is -7.45. The van der Waals surface area contributed by atoms with Crippen molar-refractivity contribution in [2.45, 2.75) is 36.3 Å². The molecule has 0 heterocycles. The van der Waals surface area contributed by atoms with Gasteiger partial charge in [0, 0.05) is 5.02 Å². The number of rotatable bonds is 7. The first kappa shape index (κ1) is 25.8. The van der Waals surface area contributed by atoms with Crippen molar-refractivity contribution in [3.63, 3.8) is 0 Å². The predicted octanol–water partition coefficient (Wildman–Crippen LogP) is 6.73. The molecule has 0 aliphatic rings. The minimum Gasteiger partial charge on any atom is -0.321 e. The van der Waals surface area contributed by atoms with Crippen LogP contribution in [0.3, 0.4) is 0 Å². The SMILES string of the molecule is O=C(Nc1c(Cl)cc(Cl)cc1Cl)C(F)C(F)(F)C(F)(F)C(F)(F)C(F)(F)C(F)F. The van der Waals surface area contributed by atoms with Gasteiger partial charge in [0.15, 0.2) is 0 Å². The molecule has 1 aromatic carbocycles. The third-order valence-electron chi connectivity index (χ3n) is 3.31. The van der Waals surface area contributed by atoms with E-state index in [1.165, 1.54) is 5.32 Å². The summed E-state index contributed by atoms with van der Waals surface area (Å²) in [5.41, 5.74) is -0.867. The van der Waals surface area contributed by atoms with E-state index in [2.05, 4.69) is 0 Å². The molecule has 1 atom stereocenters. The molecule has 0 aliphatic carbocycles. The summed E-state index contributed by atoms with van der Waals surface area (Å²) in [6.45, 7) is 0. The Morgan fingerprint density at radius 1 is 0.793 bits per heavy atom. The third-order valence-corrected chi connectivity index (χ3v) is 4.12. The van der Waals surface area contributed by atoms with Crippen LogP contribution in [0.15, 0.2) is 12.1 Å². The van der Waals surface area contributed by atoms with Gasteiger partial charge in [-0.25, -0.2) is 13.2 Å². The summed E-state index contributed by atoms with van der Waals surface area (Å²) in [5.74, 6) is -31.5. The first-order valence-electron chi connectivity index (χ1n) is 6.71. The topological polar surface area (TPSA) is 29.1 Å². The summed E-state index contributed by atoms with van der Waals surface area (Å²) in [5, 5.41) is -0.277. The number of anilines is 1. The molecule has 1 N–H and O–H groups in total. The molecule has 0 saturated heterocycles. The molecule has 1 amide bonds. The van der Waals surface area contributed by atoms with Gasteiger partial charge in [-0.3, -0.25) is 4.79 Å². The fourth-order valence-electron chi connectivity index (χ4n) is 1.73. The number of alkyl halides is 11. The molecule has 0 bridgehead atoms. The van der Waals surface area contributed by atoms with E-state index in [1.54, 1.807) is 0 Å². The summed E-state index contributed by atoms with van der Waals surface area (Å²) >= 11 is 16.5. The minimum absolute atomic E-state index is 0.180. The maximum Gasteiger partial charge on any atom is 0.384 e. The number of carbonyl (C=O) groups is 1. The Hall–Kier alpha value is -1.21. The molecule has 0 saturated carbocycles. The van der Waals surface area contributed by atoms with E-state index in [0.29, 0.717) is 0 Å². The Bertz CT molecular complexity index is 764. The monoisotopic (exact) mass is 505 g/mol. The van der Waals surface area contributed by atoms with Crippen molar-refractivity contribution in [2.75, 3.05) is 5.32 Å². The zero-order valence-corrected chi connectivity index (χ0v) is 15.3. The summed E-state index contributed by atoms with van der Waals surface area (Å²) in [6, 6.07) is 1.64. The molecular weight excluding hydrogens is 501 g/mol. The highest BCUT2D eigenvalue weighted by Gasteiger charge is 2.85. The molecule has 1 unspecified atom stereocenters. The van der Waals surface area contributed by atoms with Crippen LogP contribution < -0.4 is 5.32 Å². The van der Waals surface area contributed by atoms with Crippen molar-refractivity contribution in [3.8, 4) is 0 Å². The average molecular weight is 507 g/mol. The zero-order valence-electron chi connectivity index (χ0n) is 13.0. The van der Waals surface area contributed by atoms with Crippen LogP contribution in [0.1, 0.15) is 0 Å². The normalized spacial score (nSPS) is 14.9. The Kier molecular flexibility index (Phi) is 7.25. The van der Waals surface area contributed by atoms with Crippen LogP contribution in [-0.2, 0) is 4.79 Å². The van der Waals surface area contributed by atoms with Gasteiger partial charge >= 0.3 is 30.1 Å². The van der Waals surface area contributed by atoms with Gasteiger partial charge < -0.3 is 5.32 Å². The summed E-state index contributed by atoms with van der Waals surface area (Å²) in [6.07, 6.45) is -10.4. The van der Waals surface area contributed by atoms with Crippen molar-refractivity contribution < 1.29 is 53.1 Å². The number of carbonyl (C=O) groups excluding carboxylic acids is 1. The van der Waals surface area contributed by atoms with E-state index in [1.807, 2.05) is 0 Å². The molecule has 2 nitrogen and oxygen atoms in total. The smallest absolute Gasteiger partial charge is 0.321 e. The Morgan fingerprint density at radius 2 is 1.17 bits per heavy atom. The van der Waals surface area contributed by atoms with Crippen LogP contribution in [-0.4, -0.2) is 42.2 Å². The fraction of sp³-hybridized carbons (Fsp3) is 0.462. The molecule has 0 radical (unpaired) electrons. The maximum absolute atomic E-state index is 13.7. The quantitative estimate of drug-likeness (QED) is 0.408. The lowest BCUT2D eigenvalue weighted by atomic mass is 9.95. The number of halogens is 14. The molecular formula is C13H5Cl3F11NO. The molecule has 16 heteroatoms. The lowest BCUT2D eigenvalue weighted by Gasteiger charge is -2.37. The third kappa shape index (κ3) is 4.31. The first-order chi connectivity index (χ1) is 12.8. The summed E-state index contributed by atoms with van der Waals surface area (Å²) in [4.78, 5) is 11.5. The van der Waals surface area contributed by atoms with Crippen LogP contribution >= 0.6 is 34.8 Å². The molecule has 0 aromatic heterocycles. The standard InChI is InChI=1S/C13H5Cl3F11NO/c14-3-1-4(15)6(5(16)2-3)28-8(29)7(17)10(20,21)12(24,25)13(26,27)11(22,23)9(18)19/h1-2,7,9H,(H,28,29). The van der Waals surface area contributed by atoms with E-state index in [0.717, 1.165) is 12.1 Å². The van der Waals surface area contributed by atoms with Crippen LogP contribution in [0.4, 0.5) is 54.0 Å². The second-order valence-corrected chi connectivity index (χ2v) is 6.54. The highest BCUT2D eigenvalue weighted by atomic mass is 35.5. The molecule has 0 aliphatic heterocycles. The van der Waals surface area contributed by atoms with Crippen LogP contribution in [0.25, 0.3) is 0 Å². The summed E-state index contributed by atoms with van der Waals surface area (Å²) < 4.78 is 143. The van der Waals surface area contributed by atoms with E-state index in [-0.39, 0.29) is 5.02 Å². The van der Waals surface area contributed by atoms with Crippen LogP contribution in [0.2, 0.25) is 15.1 Å². The van der Waals surface area contributed by atoms with Crippen molar-refractivity contribution in [1.29, 1.82) is 0 Å². The second-order valence-electron chi connectivity index (χ2n) is 5.29. The molecule has 29 heavy (non-hydrogen) atoms. The number of amides is 1. The largest absolute Gasteiger partial charge is 0.384 e. The van der Waals surface area contributed by atoms with Gasteiger partial charge in [0.05, 0.1) is 15.7 Å². The molecule has 166 valence electrons. The van der Waals surface area contributed by atoms with E-state index < -0.39 is 57.9 Å². The number of hydrogen-bond donors (Lipinski definition) is 1. The van der Waals surface area contributed by atoms with Crippen molar-refractivity contribution in [3.05, 3.63) is 27.2 Å². The van der Waals surface area contributed by atoms with Gasteiger partial charge in [-0.05, 0) is 12.1 Å². The van der Waals surface area contributed by atoms with Gasteiger partial charge in [-0.2, -0.15) is 35.1 Å². The van der Waals surface area contributed by atoms with Gasteiger partial charge in [0.1, 0.15) is 0 Å². The number of nitrogens with one attached hydrogen (secondary N) is 1. The molecule has 0 fully saturated rings. The first-order valence-corrected chi connectivity index (χ1v) is 7.84. The van der Waals surface area contributed by atoms with Crippen molar-refractivity contribution in [1.82, 2.24) is 0 Å².